The second kappa shape index (κ2) is 5.73. The molecule has 2 aromatic rings. The Hall–Kier alpha value is -1.08. The van der Waals surface area contributed by atoms with Gasteiger partial charge in [0.05, 0.1) is 5.02 Å². The molecule has 1 heterocycles. The number of sulfonamides is 1. The molecule has 1 aromatic carbocycles. The fraction of sp³-hybridized carbons (Fsp3) is 0.231. The summed E-state index contributed by atoms with van der Waals surface area (Å²) in [6.07, 6.45) is 0. The van der Waals surface area contributed by atoms with Crippen LogP contribution in [0.15, 0.2) is 27.8 Å². The molecule has 0 aliphatic heterocycles. The van der Waals surface area contributed by atoms with Crippen molar-refractivity contribution in [1.82, 2.24) is 4.72 Å². The molecule has 0 saturated heterocycles. The van der Waals surface area contributed by atoms with Gasteiger partial charge in [0.2, 0.25) is 10.0 Å². The minimum absolute atomic E-state index is 0.00940. The fourth-order valence-electron chi connectivity index (χ4n) is 1.69. The van der Waals surface area contributed by atoms with Crippen LogP contribution >= 0.6 is 22.9 Å². The molecule has 0 radical (unpaired) electrons. The van der Waals surface area contributed by atoms with E-state index in [0.717, 1.165) is 16.7 Å². The lowest BCUT2D eigenvalue weighted by Gasteiger charge is -2.10. The normalized spacial score (nSPS) is 11.8. The van der Waals surface area contributed by atoms with Crippen LogP contribution in [0.1, 0.15) is 16.7 Å². The number of nitrogen functional groups attached to an aromatic ring is 1. The van der Waals surface area contributed by atoms with Crippen LogP contribution in [0.3, 0.4) is 0 Å². The van der Waals surface area contributed by atoms with E-state index in [0.29, 0.717) is 5.69 Å². The molecular formula is C13H15ClN2O2S2. The van der Waals surface area contributed by atoms with Gasteiger partial charge in [0.1, 0.15) is 4.90 Å². The molecule has 2 rings (SSSR count). The maximum absolute atomic E-state index is 12.3. The number of anilines is 1. The van der Waals surface area contributed by atoms with Gasteiger partial charge in [-0.3, -0.25) is 0 Å². The molecule has 7 heteroatoms. The molecule has 3 N–H and O–H groups in total. The standard InChI is InChI=1S/C13H15ClN2O2S2/c1-8-3-11(14)13(4-12(8)15)20(17,18)16-5-10-7-19-6-9(10)2/h3-4,6-7,16H,5,15H2,1-2H3. The van der Waals surface area contributed by atoms with Crippen molar-refractivity contribution in [2.75, 3.05) is 5.73 Å². The average molecular weight is 331 g/mol. The zero-order valence-corrected chi connectivity index (χ0v) is 13.5. The summed E-state index contributed by atoms with van der Waals surface area (Å²) in [5.74, 6) is 0. The van der Waals surface area contributed by atoms with E-state index >= 15 is 0 Å². The SMILES string of the molecule is Cc1cc(Cl)c(S(=O)(=O)NCc2cscc2C)cc1N. The Labute approximate surface area is 127 Å². The number of rotatable bonds is 4. The minimum atomic E-state index is -3.68. The number of nitrogens with two attached hydrogens (primary N) is 1. The number of halogens is 1. The molecule has 1 aromatic heterocycles. The van der Waals surface area contributed by atoms with E-state index in [9.17, 15) is 8.42 Å². The number of benzene rings is 1. The van der Waals surface area contributed by atoms with Gasteiger partial charge in [-0.2, -0.15) is 11.3 Å². The van der Waals surface area contributed by atoms with Crippen LogP contribution < -0.4 is 10.5 Å². The number of hydrogen-bond donors (Lipinski definition) is 2. The zero-order valence-electron chi connectivity index (χ0n) is 11.1. The van der Waals surface area contributed by atoms with Crippen LogP contribution in [0, 0.1) is 13.8 Å². The highest BCUT2D eigenvalue weighted by Gasteiger charge is 2.19. The second-order valence-corrected chi connectivity index (χ2v) is 7.43. The molecule has 0 fully saturated rings. The molecule has 0 amide bonds. The molecule has 0 saturated carbocycles. The van der Waals surface area contributed by atoms with E-state index in [-0.39, 0.29) is 16.5 Å². The van der Waals surface area contributed by atoms with Crippen molar-refractivity contribution in [2.45, 2.75) is 25.3 Å². The summed E-state index contributed by atoms with van der Waals surface area (Å²) in [6, 6.07) is 2.95. The molecular weight excluding hydrogens is 316 g/mol. The van der Waals surface area contributed by atoms with Gasteiger partial charge in [-0.25, -0.2) is 13.1 Å². The molecule has 0 bridgehead atoms. The summed E-state index contributed by atoms with van der Waals surface area (Å²) in [5.41, 5.74) is 8.92. The first kappa shape index (κ1) is 15.3. The number of hydrogen-bond acceptors (Lipinski definition) is 4. The van der Waals surface area contributed by atoms with Crippen molar-refractivity contribution in [1.29, 1.82) is 0 Å². The molecule has 0 unspecified atom stereocenters. The van der Waals surface area contributed by atoms with E-state index in [1.165, 1.54) is 17.4 Å². The van der Waals surface area contributed by atoms with Crippen LogP contribution in [-0.4, -0.2) is 8.42 Å². The summed E-state index contributed by atoms with van der Waals surface area (Å²) in [4.78, 5) is 0.00940. The second-order valence-electron chi connectivity index (χ2n) is 4.54. The van der Waals surface area contributed by atoms with E-state index in [1.54, 1.807) is 13.0 Å². The smallest absolute Gasteiger partial charge is 0.242 e. The maximum atomic E-state index is 12.3. The first-order valence-electron chi connectivity index (χ1n) is 5.88. The maximum Gasteiger partial charge on any atom is 0.242 e. The van der Waals surface area contributed by atoms with Gasteiger partial charge in [-0.15, -0.1) is 0 Å². The predicted molar refractivity (Wildman–Crippen MR) is 83.7 cm³/mol. The van der Waals surface area contributed by atoms with Gasteiger partial charge >= 0.3 is 0 Å². The summed E-state index contributed by atoms with van der Waals surface area (Å²) < 4.78 is 27.1. The third kappa shape index (κ3) is 3.15. The number of thiophene rings is 1. The average Bonchev–Trinajstić information content (AvgIpc) is 2.77. The van der Waals surface area contributed by atoms with Crippen molar-refractivity contribution >= 4 is 38.6 Å². The zero-order chi connectivity index (χ0) is 14.9. The molecule has 4 nitrogen and oxygen atoms in total. The largest absolute Gasteiger partial charge is 0.398 e. The molecule has 0 aliphatic carbocycles. The lowest BCUT2D eigenvalue weighted by molar-refractivity contribution is 0.581. The van der Waals surface area contributed by atoms with Crippen LogP contribution in [0.5, 0.6) is 0 Å². The third-order valence-electron chi connectivity index (χ3n) is 3.02. The Balaban J connectivity index is 2.27. The summed E-state index contributed by atoms with van der Waals surface area (Å²) in [6.45, 7) is 3.96. The molecule has 108 valence electrons. The molecule has 0 aliphatic rings. The molecule has 0 spiro atoms. The van der Waals surface area contributed by atoms with E-state index in [2.05, 4.69) is 4.72 Å². The highest BCUT2D eigenvalue weighted by atomic mass is 35.5. The predicted octanol–water partition coefficient (Wildman–Crippen LogP) is 3.08. The Kier molecular flexibility index (Phi) is 4.39. The summed E-state index contributed by atoms with van der Waals surface area (Å²) in [5, 5.41) is 4.06. The summed E-state index contributed by atoms with van der Waals surface area (Å²) >= 11 is 7.54. The Morgan fingerprint density at radius 2 is 1.95 bits per heavy atom. The van der Waals surface area contributed by atoms with Crippen molar-refractivity contribution in [3.63, 3.8) is 0 Å². The van der Waals surface area contributed by atoms with Crippen LogP contribution in [-0.2, 0) is 16.6 Å². The van der Waals surface area contributed by atoms with Gasteiger partial charge in [0, 0.05) is 12.2 Å². The van der Waals surface area contributed by atoms with Gasteiger partial charge in [0.15, 0.2) is 0 Å². The quantitative estimate of drug-likeness (QED) is 0.846. The van der Waals surface area contributed by atoms with Crippen molar-refractivity contribution in [2.24, 2.45) is 0 Å². The topological polar surface area (TPSA) is 72.2 Å². The van der Waals surface area contributed by atoms with E-state index < -0.39 is 10.0 Å². The first-order chi connectivity index (χ1) is 9.31. The van der Waals surface area contributed by atoms with Gasteiger partial charge in [-0.1, -0.05) is 11.6 Å². The number of nitrogens with one attached hydrogen (secondary N) is 1. The Morgan fingerprint density at radius 1 is 1.25 bits per heavy atom. The minimum Gasteiger partial charge on any atom is -0.398 e. The lowest BCUT2D eigenvalue weighted by Crippen LogP contribution is -2.23. The summed E-state index contributed by atoms with van der Waals surface area (Å²) in [7, 11) is -3.68. The number of aryl methyl sites for hydroxylation is 2. The highest BCUT2D eigenvalue weighted by Crippen LogP contribution is 2.27. The van der Waals surface area contributed by atoms with Crippen LogP contribution in [0.2, 0.25) is 5.02 Å². The van der Waals surface area contributed by atoms with Gasteiger partial charge < -0.3 is 5.73 Å². The van der Waals surface area contributed by atoms with Crippen molar-refractivity contribution in [3.8, 4) is 0 Å². The van der Waals surface area contributed by atoms with Crippen molar-refractivity contribution < 1.29 is 8.42 Å². The Bertz CT molecular complexity index is 739. The van der Waals surface area contributed by atoms with E-state index in [1.807, 2.05) is 17.7 Å². The first-order valence-corrected chi connectivity index (χ1v) is 8.68. The van der Waals surface area contributed by atoms with Crippen molar-refractivity contribution in [3.05, 3.63) is 44.6 Å². The molecule has 20 heavy (non-hydrogen) atoms. The Morgan fingerprint density at radius 3 is 2.55 bits per heavy atom. The van der Waals surface area contributed by atoms with Crippen LogP contribution in [0.25, 0.3) is 0 Å². The van der Waals surface area contributed by atoms with E-state index in [4.69, 9.17) is 17.3 Å². The fourth-order valence-corrected chi connectivity index (χ4v) is 4.17. The lowest BCUT2D eigenvalue weighted by atomic mass is 10.2. The highest BCUT2D eigenvalue weighted by molar-refractivity contribution is 7.89. The van der Waals surface area contributed by atoms with Crippen LogP contribution in [0.4, 0.5) is 5.69 Å². The van der Waals surface area contributed by atoms with Gasteiger partial charge in [0.25, 0.3) is 0 Å². The van der Waals surface area contributed by atoms with Gasteiger partial charge in [-0.05, 0) is 53.4 Å². The monoisotopic (exact) mass is 330 g/mol. The third-order valence-corrected chi connectivity index (χ3v) is 5.80. The molecule has 0 atom stereocenters.